The molecule has 1 rings (SSSR count). The van der Waals surface area contributed by atoms with Crippen LogP contribution in [0.4, 0.5) is 13.2 Å². The summed E-state index contributed by atoms with van der Waals surface area (Å²) in [5.41, 5.74) is -4.22. The Labute approximate surface area is 95.1 Å². The van der Waals surface area contributed by atoms with Crippen LogP contribution in [0.3, 0.4) is 0 Å². The van der Waals surface area contributed by atoms with Crippen LogP contribution in [0.5, 0.6) is 0 Å². The second-order valence-corrected chi connectivity index (χ2v) is 5.96. The van der Waals surface area contributed by atoms with Crippen molar-refractivity contribution in [2.24, 2.45) is 0 Å². The van der Waals surface area contributed by atoms with Crippen molar-refractivity contribution < 1.29 is 17.4 Å². The lowest BCUT2D eigenvalue weighted by molar-refractivity contribution is -0.0384. The first-order chi connectivity index (χ1) is 7.12. The van der Waals surface area contributed by atoms with Crippen LogP contribution in [-0.4, -0.2) is 9.72 Å². The molecule has 0 aromatic heterocycles. The molecule has 0 radical (unpaired) electrons. The zero-order valence-corrected chi connectivity index (χ0v) is 10.1. The summed E-state index contributed by atoms with van der Waals surface area (Å²) in [5, 5.41) is 0. The van der Waals surface area contributed by atoms with Gasteiger partial charge in [0.2, 0.25) is 0 Å². The van der Waals surface area contributed by atoms with E-state index in [-0.39, 0.29) is 10.3 Å². The third kappa shape index (κ3) is 3.07. The van der Waals surface area contributed by atoms with Crippen molar-refractivity contribution in [1.82, 2.24) is 0 Å². The molecular formula is C11H13F3OS. The molecule has 0 amide bonds. The van der Waals surface area contributed by atoms with Crippen molar-refractivity contribution in [1.29, 1.82) is 0 Å². The van der Waals surface area contributed by atoms with E-state index >= 15 is 0 Å². The monoisotopic (exact) mass is 250 g/mol. The summed E-state index contributed by atoms with van der Waals surface area (Å²) in [6, 6.07) is 5.82. The van der Waals surface area contributed by atoms with Crippen molar-refractivity contribution in [3.63, 3.8) is 0 Å². The number of benzene rings is 1. The summed E-state index contributed by atoms with van der Waals surface area (Å²) < 4.78 is 47.9. The number of hydrogen-bond acceptors (Lipinski definition) is 1. The Morgan fingerprint density at radius 2 is 1.69 bits per heavy atom. The van der Waals surface area contributed by atoms with E-state index in [0.29, 0.717) is 0 Å². The summed E-state index contributed by atoms with van der Waals surface area (Å²) in [5.74, 6) is 0. The molecular weight excluding hydrogens is 237 g/mol. The minimum atomic E-state index is -4.70. The Morgan fingerprint density at radius 1 is 1.12 bits per heavy atom. The van der Waals surface area contributed by atoms with Crippen molar-refractivity contribution in [3.05, 3.63) is 29.8 Å². The van der Waals surface area contributed by atoms with E-state index in [0.717, 1.165) is 5.56 Å². The molecule has 0 bridgehead atoms. The van der Waals surface area contributed by atoms with Gasteiger partial charge in [0.15, 0.2) is 10.8 Å². The van der Waals surface area contributed by atoms with Gasteiger partial charge in [-0.3, -0.25) is 0 Å². The molecule has 90 valence electrons. The fourth-order valence-corrected chi connectivity index (χ4v) is 1.91. The van der Waals surface area contributed by atoms with Crippen LogP contribution in [-0.2, 0) is 16.2 Å². The molecule has 0 aliphatic heterocycles. The number of alkyl halides is 3. The average Bonchev–Trinajstić information content (AvgIpc) is 2.14. The van der Waals surface area contributed by atoms with E-state index in [4.69, 9.17) is 0 Å². The maximum absolute atomic E-state index is 12.3. The van der Waals surface area contributed by atoms with Crippen molar-refractivity contribution in [2.75, 3.05) is 0 Å². The van der Waals surface area contributed by atoms with E-state index < -0.39 is 16.3 Å². The molecule has 1 aromatic carbocycles. The molecule has 1 nitrogen and oxygen atoms in total. The van der Waals surface area contributed by atoms with Gasteiger partial charge in [-0.1, -0.05) is 32.9 Å². The van der Waals surface area contributed by atoms with Crippen LogP contribution in [0.1, 0.15) is 26.3 Å². The molecule has 5 heteroatoms. The molecule has 0 N–H and O–H groups in total. The van der Waals surface area contributed by atoms with Crippen LogP contribution in [0, 0.1) is 0 Å². The Morgan fingerprint density at radius 3 is 2.12 bits per heavy atom. The second-order valence-electron chi connectivity index (χ2n) is 4.49. The van der Waals surface area contributed by atoms with Gasteiger partial charge in [-0.25, -0.2) is 4.21 Å². The van der Waals surface area contributed by atoms with Crippen molar-refractivity contribution in [2.45, 2.75) is 36.6 Å². The highest BCUT2D eigenvalue weighted by atomic mass is 32.2. The smallest absolute Gasteiger partial charge is 0.245 e. The standard InChI is InChI=1S/C11H13F3OS/c1-10(2,3)8-5-4-6-9(7-8)16(15)11(12,13)14/h4-7H,1-3H3. The predicted molar refractivity (Wildman–Crippen MR) is 57.6 cm³/mol. The van der Waals surface area contributed by atoms with Crippen LogP contribution in [0.2, 0.25) is 0 Å². The van der Waals surface area contributed by atoms with E-state index in [9.17, 15) is 17.4 Å². The zero-order chi connectivity index (χ0) is 12.6. The average molecular weight is 250 g/mol. The molecule has 0 aliphatic rings. The lowest BCUT2D eigenvalue weighted by Gasteiger charge is -2.19. The predicted octanol–water partition coefficient (Wildman–Crippen LogP) is 3.61. The number of rotatable bonds is 1. The quantitative estimate of drug-likeness (QED) is 0.744. The molecule has 0 fully saturated rings. The van der Waals surface area contributed by atoms with E-state index in [1.165, 1.54) is 18.2 Å². The van der Waals surface area contributed by atoms with Gasteiger partial charge >= 0.3 is 5.51 Å². The van der Waals surface area contributed by atoms with Crippen LogP contribution in [0.25, 0.3) is 0 Å². The Bertz CT molecular complexity index is 404. The van der Waals surface area contributed by atoms with Gasteiger partial charge in [0, 0.05) is 4.90 Å². The third-order valence-corrected chi connectivity index (χ3v) is 3.23. The topological polar surface area (TPSA) is 17.1 Å². The second kappa shape index (κ2) is 4.20. The molecule has 0 heterocycles. The van der Waals surface area contributed by atoms with Crippen LogP contribution in [0.15, 0.2) is 29.2 Å². The van der Waals surface area contributed by atoms with Gasteiger partial charge in [-0.15, -0.1) is 0 Å². The third-order valence-electron chi connectivity index (χ3n) is 2.12. The summed E-state index contributed by atoms with van der Waals surface area (Å²) in [6.07, 6.45) is 0. The van der Waals surface area contributed by atoms with Crippen LogP contribution < -0.4 is 0 Å². The van der Waals surface area contributed by atoms with Gasteiger partial charge in [0.25, 0.3) is 0 Å². The van der Waals surface area contributed by atoms with E-state index in [1.807, 2.05) is 20.8 Å². The minimum absolute atomic E-state index is 0.195. The van der Waals surface area contributed by atoms with Gasteiger partial charge in [0.05, 0.1) is 0 Å². The highest BCUT2D eigenvalue weighted by Gasteiger charge is 2.38. The van der Waals surface area contributed by atoms with Gasteiger partial charge in [0.1, 0.15) is 0 Å². The summed E-state index contributed by atoms with van der Waals surface area (Å²) >= 11 is 0. The van der Waals surface area contributed by atoms with Crippen LogP contribution >= 0.6 is 0 Å². The normalized spacial score (nSPS) is 14.9. The molecule has 0 spiro atoms. The lowest BCUT2D eigenvalue weighted by atomic mass is 9.87. The Kier molecular flexibility index (Phi) is 3.47. The van der Waals surface area contributed by atoms with Gasteiger partial charge in [-0.05, 0) is 23.1 Å². The summed E-state index contributed by atoms with van der Waals surface area (Å²) in [7, 11) is -2.95. The maximum Gasteiger partial charge on any atom is 0.475 e. The van der Waals surface area contributed by atoms with Gasteiger partial charge < -0.3 is 0 Å². The molecule has 1 aromatic rings. The Hall–Kier alpha value is -0.840. The van der Waals surface area contributed by atoms with E-state index in [1.54, 1.807) is 6.07 Å². The highest BCUT2D eigenvalue weighted by molar-refractivity contribution is 7.86. The molecule has 1 atom stereocenters. The lowest BCUT2D eigenvalue weighted by Crippen LogP contribution is -2.17. The summed E-state index contributed by atoms with van der Waals surface area (Å²) in [4.78, 5) is -0.195. The summed E-state index contributed by atoms with van der Waals surface area (Å²) in [6.45, 7) is 5.67. The SMILES string of the molecule is CC(C)(C)c1cccc(S(=O)C(F)(F)F)c1. The van der Waals surface area contributed by atoms with Crippen molar-refractivity contribution in [3.8, 4) is 0 Å². The number of hydrogen-bond donors (Lipinski definition) is 0. The Balaban J connectivity index is 3.14. The molecule has 1 unspecified atom stereocenters. The molecule has 0 aliphatic carbocycles. The minimum Gasteiger partial charge on any atom is -0.245 e. The molecule has 16 heavy (non-hydrogen) atoms. The zero-order valence-electron chi connectivity index (χ0n) is 9.26. The molecule has 0 saturated heterocycles. The first-order valence-corrected chi connectivity index (χ1v) is 5.86. The first kappa shape index (κ1) is 13.2. The fraction of sp³-hybridized carbons (Fsp3) is 0.455. The number of halogens is 3. The van der Waals surface area contributed by atoms with E-state index in [2.05, 4.69) is 0 Å². The van der Waals surface area contributed by atoms with Crippen molar-refractivity contribution >= 4 is 10.8 Å². The largest absolute Gasteiger partial charge is 0.475 e. The maximum atomic E-state index is 12.3. The highest BCUT2D eigenvalue weighted by Crippen LogP contribution is 2.29. The molecule has 0 saturated carbocycles. The van der Waals surface area contributed by atoms with Gasteiger partial charge in [-0.2, -0.15) is 13.2 Å². The first-order valence-electron chi connectivity index (χ1n) is 4.71. The fourth-order valence-electron chi connectivity index (χ4n) is 1.21.